The van der Waals surface area contributed by atoms with Gasteiger partial charge in [0.1, 0.15) is 5.75 Å². The topological polar surface area (TPSA) is 26.3 Å². The van der Waals surface area contributed by atoms with Crippen molar-refractivity contribution in [1.82, 2.24) is 0 Å². The van der Waals surface area contributed by atoms with E-state index < -0.39 is 0 Å². The van der Waals surface area contributed by atoms with Gasteiger partial charge in [-0.2, -0.15) is 0 Å². The number of ketones is 1. The molecule has 1 heterocycles. The number of ether oxygens (including phenoxy) is 1. The molecule has 0 saturated heterocycles. The van der Waals surface area contributed by atoms with Crippen molar-refractivity contribution in [3.05, 3.63) is 49.5 Å². The summed E-state index contributed by atoms with van der Waals surface area (Å²) in [7, 11) is 0. The Morgan fingerprint density at radius 3 is 2.76 bits per heavy atom. The molecule has 2 aromatic rings. The van der Waals surface area contributed by atoms with Crippen LogP contribution in [0.5, 0.6) is 5.75 Å². The van der Waals surface area contributed by atoms with Gasteiger partial charge in [-0.05, 0) is 45.6 Å². The second-order valence-electron chi connectivity index (χ2n) is 3.27. The van der Waals surface area contributed by atoms with E-state index in [1.165, 1.54) is 11.3 Å². The zero-order chi connectivity index (χ0) is 12.3. The molecule has 1 aromatic carbocycles. The maximum absolute atomic E-state index is 11.8. The molecule has 0 aliphatic rings. The lowest BCUT2D eigenvalue weighted by atomic mass is 10.3. The molecule has 0 aliphatic heterocycles. The van der Waals surface area contributed by atoms with Crippen molar-refractivity contribution in [2.75, 3.05) is 6.61 Å². The van der Waals surface area contributed by atoms with Gasteiger partial charge in [-0.25, -0.2) is 0 Å². The van der Waals surface area contributed by atoms with Crippen LogP contribution in [0, 0.1) is 0 Å². The third kappa shape index (κ3) is 3.40. The summed E-state index contributed by atoms with van der Waals surface area (Å²) >= 11 is 8.09. The fourth-order valence-corrected chi connectivity index (χ4v) is 3.16. The first-order valence-electron chi connectivity index (χ1n) is 4.81. The predicted molar refractivity (Wildman–Crippen MR) is 76.0 cm³/mol. The highest BCUT2D eigenvalue weighted by Gasteiger charge is 2.12. The van der Waals surface area contributed by atoms with Crippen LogP contribution in [0.3, 0.4) is 0 Å². The van der Waals surface area contributed by atoms with Crippen molar-refractivity contribution in [2.45, 2.75) is 0 Å². The molecule has 0 atom stereocenters. The maximum Gasteiger partial charge on any atom is 0.211 e. The van der Waals surface area contributed by atoms with Gasteiger partial charge in [-0.3, -0.25) is 4.79 Å². The first-order chi connectivity index (χ1) is 8.16. The van der Waals surface area contributed by atoms with E-state index in [2.05, 4.69) is 31.9 Å². The van der Waals surface area contributed by atoms with Gasteiger partial charge in [0.25, 0.3) is 0 Å². The minimum Gasteiger partial charge on any atom is -0.485 e. The monoisotopic (exact) mass is 374 g/mol. The summed E-state index contributed by atoms with van der Waals surface area (Å²) in [5, 5.41) is 1.87. The molecule has 2 nitrogen and oxygen atoms in total. The van der Waals surface area contributed by atoms with E-state index in [1.807, 2.05) is 35.7 Å². The first kappa shape index (κ1) is 12.8. The Labute approximate surface area is 120 Å². The second kappa shape index (κ2) is 5.80. The van der Waals surface area contributed by atoms with E-state index in [4.69, 9.17) is 4.74 Å². The average molecular weight is 376 g/mol. The molecule has 17 heavy (non-hydrogen) atoms. The summed E-state index contributed by atoms with van der Waals surface area (Å²) in [6.45, 7) is 0.0512. The molecule has 2 rings (SSSR count). The Morgan fingerprint density at radius 2 is 2.12 bits per heavy atom. The standard InChI is InChI=1S/C12H8Br2O2S/c13-8-2-1-3-9(6-8)16-7-11(15)12-10(14)4-5-17-12/h1-6H,7H2. The minimum absolute atomic E-state index is 0.0214. The molecule has 5 heteroatoms. The first-order valence-corrected chi connectivity index (χ1v) is 7.28. The molecular weight excluding hydrogens is 368 g/mol. The Bertz CT molecular complexity index is 537. The van der Waals surface area contributed by atoms with Gasteiger partial charge in [0.15, 0.2) is 6.61 Å². The second-order valence-corrected chi connectivity index (χ2v) is 5.95. The van der Waals surface area contributed by atoms with Crippen LogP contribution in [0.2, 0.25) is 0 Å². The molecule has 0 amide bonds. The van der Waals surface area contributed by atoms with E-state index in [0.717, 1.165) is 8.95 Å². The molecule has 0 N–H and O–H groups in total. The number of Topliss-reactive ketones (excluding diaryl/α,β-unsaturated/α-hetero) is 1. The van der Waals surface area contributed by atoms with E-state index in [0.29, 0.717) is 10.6 Å². The van der Waals surface area contributed by atoms with E-state index in [9.17, 15) is 4.79 Å². The number of hydrogen-bond acceptors (Lipinski definition) is 3. The predicted octanol–water partition coefficient (Wildman–Crippen LogP) is 4.53. The lowest BCUT2D eigenvalue weighted by Crippen LogP contribution is -2.10. The summed E-state index contributed by atoms with van der Waals surface area (Å²) in [5.41, 5.74) is 0. The SMILES string of the molecule is O=C(COc1cccc(Br)c1)c1sccc1Br. The van der Waals surface area contributed by atoms with Crippen LogP contribution < -0.4 is 4.74 Å². The Hall–Kier alpha value is -0.650. The number of carbonyl (C=O) groups is 1. The fourth-order valence-electron chi connectivity index (χ4n) is 1.26. The van der Waals surface area contributed by atoms with Crippen LogP contribution in [0.4, 0.5) is 0 Å². The highest BCUT2D eigenvalue weighted by Crippen LogP contribution is 2.24. The van der Waals surface area contributed by atoms with Crippen molar-refractivity contribution in [1.29, 1.82) is 0 Å². The quantitative estimate of drug-likeness (QED) is 0.733. The highest BCUT2D eigenvalue weighted by molar-refractivity contribution is 9.10. The highest BCUT2D eigenvalue weighted by atomic mass is 79.9. The maximum atomic E-state index is 11.8. The molecule has 0 bridgehead atoms. The van der Waals surface area contributed by atoms with Crippen LogP contribution in [0.1, 0.15) is 9.67 Å². The van der Waals surface area contributed by atoms with E-state index in [-0.39, 0.29) is 12.4 Å². The average Bonchev–Trinajstić information content (AvgIpc) is 2.72. The van der Waals surface area contributed by atoms with Gasteiger partial charge in [-0.1, -0.05) is 22.0 Å². The molecule has 88 valence electrons. The van der Waals surface area contributed by atoms with Crippen LogP contribution >= 0.6 is 43.2 Å². The third-order valence-electron chi connectivity index (χ3n) is 2.04. The van der Waals surface area contributed by atoms with Gasteiger partial charge in [0.2, 0.25) is 5.78 Å². The molecule has 0 fully saturated rings. The number of benzene rings is 1. The lowest BCUT2D eigenvalue weighted by Gasteiger charge is -2.05. The largest absolute Gasteiger partial charge is 0.485 e. The summed E-state index contributed by atoms with van der Waals surface area (Å²) in [6, 6.07) is 9.28. The van der Waals surface area contributed by atoms with Crippen LogP contribution in [-0.4, -0.2) is 12.4 Å². The summed E-state index contributed by atoms with van der Waals surface area (Å²) in [5.74, 6) is 0.659. The van der Waals surface area contributed by atoms with Gasteiger partial charge in [0, 0.05) is 8.95 Å². The van der Waals surface area contributed by atoms with Crippen LogP contribution in [0.25, 0.3) is 0 Å². The smallest absolute Gasteiger partial charge is 0.211 e. The summed E-state index contributed by atoms with van der Waals surface area (Å²) < 4.78 is 7.19. The van der Waals surface area contributed by atoms with E-state index in [1.54, 1.807) is 0 Å². The van der Waals surface area contributed by atoms with Crippen molar-refractivity contribution >= 4 is 49.0 Å². The van der Waals surface area contributed by atoms with Crippen molar-refractivity contribution < 1.29 is 9.53 Å². The molecule has 0 unspecified atom stereocenters. The Kier molecular flexibility index (Phi) is 4.36. The molecule has 0 radical (unpaired) electrons. The minimum atomic E-state index is -0.0214. The van der Waals surface area contributed by atoms with Crippen LogP contribution in [0.15, 0.2) is 44.7 Å². The molecular formula is C12H8Br2O2S. The molecule has 1 aromatic heterocycles. The number of halogens is 2. The molecule has 0 aliphatic carbocycles. The third-order valence-corrected chi connectivity index (χ3v) is 4.41. The number of rotatable bonds is 4. The Balaban J connectivity index is 1.99. The zero-order valence-electron chi connectivity index (χ0n) is 8.65. The van der Waals surface area contributed by atoms with Gasteiger partial charge in [-0.15, -0.1) is 11.3 Å². The molecule has 0 saturated carbocycles. The van der Waals surface area contributed by atoms with Gasteiger partial charge >= 0.3 is 0 Å². The zero-order valence-corrected chi connectivity index (χ0v) is 12.6. The number of hydrogen-bond donors (Lipinski definition) is 0. The van der Waals surface area contributed by atoms with Crippen molar-refractivity contribution in [3.63, 3.8) is 0 Å². The normalized spacial score (nSPS) is 10.2. The van der Waals surface area contributed by atoms with E-state index >= 15 is 0 Å². The summed E-state index contributed by atoms with van der Waals surface area (Å²) in [4.78, 5) is 12.5. The van der Waals surface area contributed by atoms with Gasteiger partial charge in [0.05, 0.1) is 4.88 Å². The van der Waals surface area contributed by atoms with Crippen molar-refractivity contribution in [2.24, 2.45) is 0 Å². The lowest BCUT2D eigenvalue weighted by molar-refractivity contribution is 0.0925. The number of thiophene rings is 1. The fraction of sp³-hybridized carbons (Fsp3) is 0.0833. The molecule has 0 spiro atoms. The van der Waals surface area contributed by atoms with Gasteiger partial charge < -0.3 is 4.74 Å². The summed E-state index contributed by atoms with van der Waals surface area (Å²) in [6.07, 6.45) is 0. The van der Waals surface area contributed by atoms with Crippen molar-refractivity contribution in [3.8, 4) is 5.75 Å². The Morgan fingerprint density at radius 1 is 1.29 bits per heavy atom. The number of carbonyl (C=O) groups excluding carboxylic acids is 1. The van der Waals surface area contributed by atoms with Crippen LogP contribution in [-0.2, 0) is 0 Å².